The van der Waals surface area contributed by atoms with Crippen LogP contribution in [-0.4, -0.2) is 17.5 Å². The van der Waals surface area contributed by atoms with E-state index in [1.54, 1.807) is 12.1 Å². The number of nitro benzene ring substituents is 1. The van der Waals surface area contributed by atoms with Gasteiger partial charge in [0.1, 0.15) is 0 Å². The lowest BCUT2D eigenvalue weighted by Gasteiger charge is -2.27. The third kappa shape index (κ3) is 3.12. The Morgan fingerprint density at radius 1 is 1.33 bits per heavy atom. The molecule has 0 spiro atoms. The molecule has 0 amide bonds. The van der Waals surface area contributed by atoms with Crippen LogP contribution in [0, 0.1) is 10.1 Å². The van der Waals surface area contributed by atoms with Gasteiger partial charge in [-0.1, -0.05) is 6.92 Å². The Kier molecular flexibility index (Phi) is 4.02. The lowest BCUT2D eigenvalue weighted by Crippen LogP contribution is -2.27. The van der Waals surface area contributed by atoms with Gasteiger partial charge in [-0.25, -0.2) is 0 Å². The smallest absolute Gasteiger partial charge is 0.273 e. The molecule has 0 unspecified atom stereocenters. The predicted octanol–water partition coefficient (Wildman–Crippen LogP) is 3.38. The fraction of sp³-hybridized carbons (Fsp3) is 0.538. The summed E-state index contributed by atoms with van der Waals surface area (Å²) in [5.74, 6) is 0. The standard InChI is InChI=1S/C13H19N3O2/c1-2-6-14-11-7-12(15-10-4-3-5-10)9-13(8-11)16(17)18/h7-10,14-15H,2-6H2,1H3. The molecule has 5 heteroatoms. The zero-order valence-corrected chi connectivity index (χ0v) is 10.6. The number of benzene rings is 1. The van der Waals surface area contributed by atoms with Crippen LogP contribution in [0.2, 0.25) is 0 Å². The van der Waals surface area contributed by atoms with Gasteiger partial charge in [-0.05, 0) is 31.7 Å². The molecule has 1 aliphatic carbocycles. The maximum Gasteiger partial charge on any atom is 0.273 e. The third-order valence-electron chi connectivity index (χ3n) is 3.18. The van der Waals surface area contributed by atoms with E-state index in [0.29, 0.717) is 6.04 Å². The number of nitrogens with one attached hydrogen (secondary N) is 2. The molecule has 98 valence electrons. The molecular weight excluding hydrogens is 230 g/mol. The van der Waals surface area contributed by atoms with Gasteiger partial charge >= 0.3 is 0 Å². The first-order chi connectivity index (χ1) is 8.69. The molecule has 1 saturated carbocycles. The summed E-state index contributed by atoms with van der Waals surface area (Å²) in [6.07, 6.45) is 4.54. The molecule has 0 aliphatic heterocycles. The highest BCUT2D eigenvalue weighted by Crippen LogP contribution is 2.28. The molecule has 0 heterocycles. The minimum absolute atomic E-state index is 0.137. The minimum atomic E-state index is -0.344. The highest BCUT2D eigenvalue weighted by Gasteiger charge is 2.18. The average molecular weight is 249 g/mol. The number of nitro groups is 1. The van der Waals surface area contributed by atoms with E-state index >= 15 is 0 Å². The molecular formula is C13H19N3O2. The van der Waals surface area contributed by atoms with Crippen molar-refractivity contribution in [2.75, 3.05) is 17.2 Å². The van der Waals surface area contributed by atoms with Gasteiger partial charge in [0.2, 0.25) is 0 Å². The summed E-state index contributed by atoms with van der Waals surface area (Å²) in [6.45, 7) is 2.89. The SMILES string of the molecule is CCCNc1cc(NC2CCC2)cc([N+](=O)[O-])c1. The number of rotatable bonds is 6. The first-order valence-corrected chi connectivity index (χ1v) is 6.49. The van der Waals surface area contributed by atoms with Crippen LogP contribution < -0.4 is 10.6 Å². The van der Waals surface area contributed by atoms with Gasteiger partial charge in [0, 0.05) is 36.1 Å². The Bertz CT molecular complexity index is 430. The van der Waals surface area contributed by atoms with Crippen LogP contribution >= 0.6 is 0 Å². The topological polar surface area (TPSA) is 67.2 Å². The number of non-ortho nitro benzene ring substituents is 1. The highest BCUT2D eigenvalue weighted by atomic mass is 16.6. The molecule has 5 nitrogen and oxygen atoms in total. The van der Waals surface area contributed by atoms with E-state index in [1.165, 1.54) is 6.42 Å². The van der Waals surface area contributed by atoms with Crippen LogP contribution in [0.3, 0.4) is 0 Å². The summed E-state index contributed by atoms with van der Waals surface area (Å²) >= 11 is 0. The highest BCUT2D eigenvalue weighted by molar-refractivity contribution is 5.63. The van der Waals surface area contributed by atoms with E-state index in [-0.39, 0.29) is 10.6 Å². The number of hydrogen-bond donors (Lipinski definition) is 2. The van der Waals surface area contributed by atoms with Crippen LogP contribution in [0.1, 0.15) is 32.6 Å². The summed E-state index contributed by atoms with van der Waals surface area (Å²) in [5.41, 5.74) is 1.79. The van der Waals surface area contributed by atoms with Crippen molar-refractivity contribution in [1.29, 1.82) is 0 Å². The van der Waals surface area contributed by atoms with E-state index in [1.807, 2.05) is 6.07 Å². The van der Waals surface area contributed by atoms with Crippen molar-refractivity contribution in [3.05, 3.63) is 28.3 Å². The number of anilines is 2. The lowest BCUT2D eigenvalue weighted by atomic mass is 9.93. The fourth-order valence-corrected chi connectivity index (χ4v) is 1.96. The van der Waals surface area contributed by atoms with Gasteiger partial charge in [-0.15, -0.1) is 0 Å². The van der Waals surface area contributed by atoms with Crippen LogP contribution in [0.25, 0.3) is 0 Å². The second-order valence-electron chi connectivity index (χ2n) is 4.72. The monoisotopic (exact) mass is 249 g/mol. The van der Waals surface area contributed by atoms with Crippen molar-refractivity contribution in [3.63, 3.8) is 0 Å². The van der Waals surface area contributed by atoms with Crippen LogP contribution in [0.4, 0.5) is 17.1 Å². The fourth-order valence-electron chi connectivity index (χ4n) is 1.96. The van der Waals surface area contributed by atoms with Gasteiger partial charge in [0.15, 0.2) is 0 Å². The second kappa shape index (κ2) is 5.71. The molecule has 2 N–H and O–H groups in total. The van der Waals surface area contributed by atoms with E-state index in [2.05, 4.69) is 17.6 Å². The first-order valence-electron chi connectivity index (χ1n) is 6.49. The minimum Gasteiger partial charge on any atom is -0.385 e. The van der Waals surface area contributed by atoms with E-state index in [0.717, 1.165) is 37.2 Å². The maximum atomic E-state index is 10.9. The van der Waals surface area contributed by atoms with Crippen molar-refractivity contribution < 1.29 is 4.92 Å². The number of nitrogens with zero attached hydrogens (tertiary/aromatic N) is 1. The van der Waals surface area contributed by atoms with E-state index in [9.17, 15) is 10.1 Å². The maximum absolute atomic E-state index is 10.9. The zero-order chi connectivity index (χ0) is 13.0. The largest absolute Gasteiger partial charge is 0.385 e. The van der Waals surface area contributed by atoms with Gasteiger partial charge < -0.3 is 10.6 Å². The lowest BCUT2D eigenvalue weighted by molar-refractivity contribution is -0.384. The molecule has 0 saturated heterocycles. The predicted molar refractivity (Wildman–Crippen MR) is 73.1 cm³/mol. The molecule has 18 heavy (non-hydrogen) atoms. The molecule has 0 bridgehead atoms. The van der Waals surface area contributed by atoms with Crippen molar-refractivity contribution >= 4 is 17.1 Å². The molecule has 1 aliphatic rings. The Morgan fingerprint density at radius 2 is 2.06 bits per heavy atom. The molecule has 1 aromatic rings. The van der Waals surface area contributed by atoms with Crippen molar-refractivity contribution in [1.82, 2.24) is 0 Å². The summed E-state index contributed by atoms with van der Waals surface area (Å²) in [5, 5.41) is 17.4. The normalized spacial score (nSPS) is 14.9. The second-order valence-corrected chi connectivity index (χ2v) is 4.72. The summed E-state index contributed by atoms with van der Waals surface area (Å²) in [6, 6.07) is 5.61. The molecule has 0 radical (unpaired) electrons. The quantitative estimate of drug-likeness (QED) is 0.599. The average Bonchev–Trinajstić information content (AvgIpc) is 2.31. The van der Waals surface area contributed by atoms with Gasteiger partial charge in [-0.2, -0.15) is 0 Å². The van der Waals surface area contributed by atoms with Crippen LogP contribution in [0.15, 0.2) is 18.2 Å². The van der Waals surface area contributed by atoms with Gasteiger partial charge in [0.25, 0.3) is 5.69 Å². The van der Waals surface area contributed by atoms with Crippen LogP contribution in [0.5, 0.6) is 0 Å². The zero-order valence-electron chi connectivity index (χ0n) is 10.6. The Balaban J connectivity index is 2.15. The van der Waals surface area contributed by atoms with Crippen molar-refractivity contribution in [2.24, 2.45) is 0 Å². The Morgan fingerprint density at radius 3 is 2.61 bits per heavy atom. The molecule has 2 rings (SSSR count). The third-order valence-corrected chi connectivity index (χ3v) is 3.18. The van der Waals surface area contributed by atoms with Gasteiger partial charge in [-0.3, -0.25) is 10.1 Å². The van der Waals surface area contributed by atoms with E-state index in [4.69, 9.17) is 0 Å². The van der Waals surface area contributed by atoms with Crippen molar-refractivity contribution in [2.45, 2.75) is 38.6 Å². The molecule has 0 aromatic heterocycles. The summed E-state index contributed by atoms with van der Waals surface area (Å²) in [7, 11) is 0. The van der Waals surface area contributed by atoms with Gasteiger partial charge in [0.05, 0.1) is 4.92 Å². The summed E-state index contributed by atoms with van der Waals surface area (Å²) in [4.78, 5) is 10.6. The number of hydrogen-bond acceptors (Lipinski definition) is 4. The van der Waals surface area contributed by atoms with Crippen molar-refractivity contribution in [3.8, 4) is 0 Å². The first kappa shape index (κ1) is 12.7. The van der Waals surface area contributed by atoms with E-state index < -0.39 is 0 Å². The van der Waals surface area contributed by atoms with Crippen LogP contribution in [-0.2, 0) is 0 Å². The Labute approximate surface area is 107 Å². The summed E-state index contributed by atoms with van der Waals surface area (Å²) < 4.78 is 0. The molecule has 0 atom stereocenters. The molecule has 1 aromatic carbocycles. The molecule has 1 fully saturated rings. The Hall–Kier alpha value is -1.78.